The second kappa shape index (κ2) is 8.31. The van der Waals surface area contributed by atoms with E-state index in [1.807, 2.05) is 30.5 Å². The molecule has 0 spiro atoms. The Morgan fingerprint density at radius 1 is 1.15 bits per heavy atom. The van der Waals surface area contributed by atoms with E-state index in [1.54, 1.807) is 31.6 Å². The van der Waals surface area contributed by atoms with E-state index < -0.39 is 0 Å². The first-order chi connectivity index (χ1) is 13.1. The predicted octanol–water partition coefficient (Wildman–Crippen LogP) is 2.13. The fourth-order valence-corrected chi connectivity index (χ4v) is 2.60. The Bertz CT molecular complexity index is 937. The van der Waals surface area contributed by atoms with Crippen molar-refractivity contribution in [2.45, 2.75) is 13.8 Å². The summed E-state index contributed by atoms with van der Waals surface area (Å²) in [5.41, 5.74) is 2.50. The molecule has 0 aliphatic heterocycles. The van der Waals surface area contributed by atoms with Crippen LogP contribution in [-0.4, -0.2) is 45.6 Å². The lowest BCUT2D eigenvalue weighted by atomic mass is 10.2. The van der Waals surface area contributed by atoms with Crippen LogP contribution in [-0.2, 0) is 0 Å². The summed E-state index contributed by atoms with van der Waals surface area (Å²) in [6.07, 6.45) is 3.24. The number of hydrogen-bond acceptors (Lipinski definition) is 6. The first kappa shape index (κ1) is 18.4. The third kappa shape index (κ3) is 4.22. The normalized spacial score (nSPS) is 10.5. The minimum atomic E-state index is -0.179. The van der Waals surface area contributed by atoms with Gasteiger partial charge in [0.25, 0.3) is 5.91 Å². The molecule has 8 heteroatoms. The second-order valence-electron chi connectivity index (χ2n) is 5.93. The van der Waals surface area contributed by atoms with Gasteiger partial charge in [0, 0.05) is 24.8 Å². The fraction of sp³-hybridized carbons (Fsp3) is 0.263. The number of hydrogen-bond donors (Lipinski definition) is 2. The van der Waals surface area contributed by atoms with Crippen molar-refractivity contribution in [3.63, 3.8) is 0 Å². The Labute approximate surface area is 157 Å². The molecule has 0 bridgehead atoms. The summed E-state index contributed by atoms with van der Waals surface area (Å²) in [7, 11) is 1.55. The van der Waals surface area contributed by atoms with Gasteiger partial charge in [-0.05, 0) is 26.0 Å². The molecule has 2 heterocycles. The van der Waals surface area contributed by atoms with Crippen molar-refractivity contribution in [3.8, 4) is 11.6 Å². The zero-order valence-corrected chi connectivity index (χ0v) is 15.6. The van der Waals surface area contributed by atoms with Crippen molar-refractivity contribution in [1.29, 1.82) is 0 Å². The Hall–Kier alpha value is -3.42. The van der Waals surface area contributed by atoms with E-state index in [9.17, 15) is 4.79 Å². The number of anilines is 1. The van der Waals surface area contributed by atoms with Crippen LogP contribution in [0.5, 0.6) is 5.75 Å². The number of methoxy groups -OCH3 is 1. The van der Waals surface area contributed by atoms with Gasteiger partial charge >= 0.3 is 0 Å². The molecular formula is C19H22N6O2. The summed E-state index contributed by atoms with van der Waals surface area (Å²) in [6, 6.07) is 8.96. The van der Waals surface area contributed by atoms with E-state index in [0.29, 0.717) is 30.2 Å². The Balaban J connectivity index is 1.56. The van der Waals surface area contributed by atoms with Crippen LogP contribution in [0.25, 0.3) is 5.82 Å². The van der Waals surface area contributed by atoms with Crippen LogP contribution < -0.4 is 15.4 Å². The number of amides is 1. The third-order valence-corrected chi connectivity index (χ3v) is 4.22. The number of nitrogens with zero attached hydrogens (tertiary/aromatic N) is 4. The lowest BCUT2D eigenvalue weighted by Gasteiger charge is -2.11. The van der Waals surface area contributed by atoms with E-state index in [-0.39, 0.29) is 5.91 Å². The van der Waals surface area contributed by atoms with Crippen molar-refractivity contribution >= 4 is 11.7 Å². The summed E-state index contributed by atoms with van der Waals surface area (Å²) < 4.78 is 7.12. The largest absolute Gasteiger partial charge is 0.496 e. The highest BCUT2D eigenvalue weighted by Crippen LogP contribution is 2.17. The molecule has 0 fully saturated rings. The van der Waals surface area contributed by atoms with Gasteiger partial charge in [-0.2, -0.15) is 0 Å². The summed E-state index contributed by atoms with van der Waals surface area (Å²) in [5, 5.41) is 6.05. The van der Waals surface area contributed by atoms with Gasteiger partial charge < -0.3 is 15.4 Å². The molecule has 3 rings (SSSR count). The standard InChI is InChI=1S/C19H22N6O2/c1-13-14(2)25(12-24-13)18-10-17(22-11-23-18)20-8-9-21-19(26)15-6-4-5-7-16(15)27-3/h4-7,10-12H,8-9H2,1-3H3,(H,21,26)(H,20,22,23). The maximum Gasteiger partial charge on any atom is 0.255 e. The molecule has 0 saturated heterocycles. The van der Waals surface area contributed by atoms with Gasteiger partial charge in [-0.15, -0.1) is 0 Å². The Kier molecular flexibility index (Phi) is 5.65. The van der Waals surface area contributed by atoms with Crippen LogP contribution in [0.1, 0.15) is 21.7 Å². The molecule has 2 N–H and O–H groups in total. The zero-order chi connectivity index (χ0) is 19.2. The monoisotopic (exact) mass is 366 g/mol. The highest BCUT2D eigenvalue weighted by molar-refractivity contribution is 5.96. The number of aromatic nitrogens is 4. The number of carbonyl (C=O) groups excluding carboxylic acids is 1. The Morgan fingerprint density at radius 3 is 2.70 bits per heavy atom. The molecule has 8 nitrogen and oxygen atoms in total. The first-order valence-electron chi connectivity index (χ1n) is 8.58. The maximum absolute atomic E-state index is 12.3. The molecular weight excluding hydrogens is 344 g/mol. The average molecular weight is 366 g/mol. The minimum absolute atomic E-state index is 0.179. The topological polar surface area (TPSA) is 94.0 Å². The number of rotatable bonds is 7. The smallest absolute Gasteiger partial charge is 0.255 e. The van der Waals surface area contributed by atoms with Gasteiger partial charge in [-0.1, -0.05) is 12.1 Å². The Morgan fingerprint density at radius 2 is 1.96 bits per heavy atom. The second-order valence-corrected chi connectivity index (χ2v) is 5.93. The molecule has 1 aromatic carbocycles. The third-order valence-electron chi connectivity index (χ3n) is 4.22. The molecule has 3 aromatic rings. The van der Waals surface area contributed by atoms with Gasteiger partial charge in [0.1, 0.15) is 30.0 Å². The molecule has 0 radical (unpaired) electrons. The molecule has 2 aromatic heterocycles. The maximum atomic E-state index is 12.3. The molecule has 0 aliphatic rings. The van der Waals surface area contributed by atoms with Crippen molar-refractivity contribution < 1.29 is 9.53 Å². The molecule has 0 saturated carbocycles. The van der Waals surface area contributed by atoms with Crippen LogP contribution in [0.3, 0.4) is 0 Å². The van der Waals surface area contributed by atoms with Crippen molar-refractivity contribution in [3.05, 3.63) is 59.9 Å². The van der Waals surface area contributed by atoms with E-state index in [2.05, 4.69) is 25.6 Å². The quantitative estimate of drug-likeness (QED) is 0.622. The first-order valence-corrected chi connectivity index (χ1v) is 8.58. The fourth-order valence-electron chi connectivity index (χ4n) is 2.60. The summed E-state index contributed by atoms with van der Waals surface area (Å²) in [6.45, 7) is 4.92. The van der Waals surface area contributed by atoms with Crippen LogP contribution in [0.15, 0.2) is 43.0 Å². The SMILES string of the molecule is COc1ccccc1C(=O)NCCNc1cc(-n2cnc(C)c2C)ncn1. The molecule has 27 heavy (non-hydrogen) atoms. The number of imidazole rings is 1. The highest BCUT2D eigenvalue weighted by atomic mass is 16.5. The summed E-state index contributed by atoms with van der Waals surface area (Å²) in [4.78, 5) is 25.0. The van der Waals surface area contributed by atoms with Gasteiger partial charge in [-0.3, -0.25) is 9.36 Å². The molecule has 0 aliphatic carbocycles. The number of nitrogens with one attached hydrogen (secondary N) is 2. The predicted molar refractivity (Wildman–Crippen MR) is 102 cm³/mol. The lowest BCUT2D eigenvalue weighted by molar-refractivity contribution is 0.0952. The summed E-state index contributed by atoms with van der Waals surface area (Å²) in [5.74, 6) is 1.79. The van der Waals surface area contributed by atoms with Crippen LogP contribution in [0, 0.1) is 13.8 Å². The molecule has 1 amide bonds. The molecule has 140 valence electrons. The molecule has 0 unspecified atom stereocenters. The summed E-state index contributed by atoms with van der Waals surface area (Å²) >= 11 is 0. The number of para-hydroxylation sites is 1. The van der Waals surface area contributed by atoms with Crippen molar-refractivity contribution in [1.82, 2.24) is 24.8 Å². The van der Waals surface area contributed by atoms with Gasteiger partial charge in [-0.25, -0.2) is 15.0 Å². The number of aryl methyl sites for hydroxylation is 1. The van der Waals surface area contributed by atoms with Gasteiger partial charge in [0.05, 0.1) is 18.4 Å². The number of benzene rings is 1. The highest BCUT2D eigenvalue weighted by Gasteiger charge is 2.10. The van der Waals surface area contributed by atoms with Gasteiger partial charge in [0.2, 0.25) is 0 Å². The minimum Gasteiger partial charge on any atom is -0.496 e. The van der Waals surface area contributed by atoms with E-state index in [1.165, 1.54) is 6.33 Å². The lowest BCUT2D eigenvalue weighted by Crippen LogP contribution is -2.29. The van der Waals surface area contributed by atoms with Crippen molar-refractivity contribution in [2.75, 3.05) is 25.5 Å². The van der Waals surface area contributed by atoms with E-state index >= 15 is 0 Å². The average Bonchev–Trinajstić information content (AvgIpc) is 3.04. The number of carbonyl (C=O) groups is 1. The van der Waals surface area contributed by atoms with E-state index in [0.717, 1.165) is 17.2 Å². The van der Waals surface area contributed by atoms with E-state index in [4.69, 9.17) is 4.74 Å². The zero-order valence-electron chi connectivity index (χ0n) is 15.6. The van der Waals surface area contributed by atoms with Gasteiger partial charge in [0.15, 0.2) is 0 Å². The number of ether oxygens (including phenoxy) is 1. The van der Waals surface area contributed by atoms with Crippen molar-refractivity contribution in [2.24, 2.45) is 0 Å². The van der Waals surface area contributed by atoms with Crippen LogP contribution >= 0.6 is 0 Å². The van der Waals surface area contributed by atoms with Crippen LogP contribution in [0.4, 0.5) is 5.82 Å². The molecule has 0 atom stereocenters. The van der Waals surface area contributed by atoms with Crippen LogP contribution in [0.2, 0.25) is 0 Å².